The highest BCUT2D eigenvalue weighted by Gasteiger charge is 2.16. The Balaban J connectivity index is 1.90. The highest BCUT2D eigenvalue weighted by molar-refractivity contribution is 7.14. The monoisotopic (exact) mass is 307 g/mol. The van der Waals surface area contributed by atoms with Crippen LogP contribution in [-0.4, -0.2) is 36.9 Å². The maximum Gasteiger partial charge on any atom is 0.261 e. The number of amides is 1. The van der Waals surface area contributed by atoms with Crippen molar-refractivity contribution < 1.29 is 14.6 Å². The number of nitrogens with one attached hydrogen (secondary N) is 1. The maximum atomic E-state index is 12.1. The second-order valence-electron chi connectivity index (χ2n) is 5.10. The predicted molar refractivity (Wildman–Crippen MR) is 83.6 cm³/mol. The van der Waals surface area contributed by atoms with E-state index in [0.717, 1.165) is 29.9 Å². The summed E-state index contributed by atoms with van der Waals surface area (Å²) in [5.74, 6) is 5.82. The summed E-state index contributed by atoms with van der Waals surface area (Å²) in [6, 6.07) is 1.87. The minimum absolute atomic E-state index is 0.0617. The topological polar surface area (TPSA) is 58.6 Å². The van der Waals surface area contributed by atoms with Gasteiger partial charge in [-0.15, -0.1) is 11.3 Å². The minimum Gasteiger partial charge on any atom is -0.395 e. The summed E-state index contributed by atoms with van der Waals surface area (Å²) in [6.45, 7) is 3.37. The van der Waals surface area contributed by atoms with Crippen LogP contribution >= 0.6 is 11.3 Å². The molecule has 0 aromatic carbocycles. The lowest BCUT2D eigenvalue weighted by molar-refractivity contribution is 0.0169. The van der Waals surface area contributed by atoms with Crippen molar-refractivity contribution in [1.82, 2.24) is 5.32 Å². The second-order valence-corrected chi connectivity index (χ2v) is 6.15. The number of rotatable bonds is 4. The lowest BCUT2D eigenvalue weighted by Crippen LogP contribution is -2.35. The van der Waals surface area contributed by atoms with Crippen molar-refractivity contribution in [3.63, 3.8) is 0 Å². The summed E-state index contributed by atoms with van der Waals surface area (Å²) in [6.07, 6.45) is 3.90. The standard InChI is InChI=1S/C16H21NO3S/c1-12-10-15(21-14(12)7-2-4-8-18)16(19)17-11-13-6-3-5-9-20-13/h10,13,18H,3-6,8-9,11H2,1H3,(H,17,19). The molecule has 0 saturated carbocycles. The van der Waals surface area contributed by atoms with Crippen molar-refractivity contribution in [1.29, 1.82) is 0 Å². The molecule has 1 aliphatic heterocycles. The smallest absolute Gasteiger partial charge is 0.261 e. The van der Waals surface area contributed by atoms with Crippen LogP contribution < -0.4 is 5.32 Å². The van der Waals surface area contributed by atoms with E-state index in [2.05, 4.69) is 17.2 Å². The van der Waals surface area contributed by atoms with Crippen LogP contribution in [0.4, 0.5) is 0 Å². The molecule has 0 aliphatic carbocycles. The third kappa shape index (κ3) is 4.85. The van der Waals surface area contributed by atoms with Crippen molar-refractivity contribution >= 4 is 17.2 Å². The lowest BCUT2D eigenvalue weighted by atomic mass is 10.1. The molecule has 1 unspecified atom stereocenters. The molecule has 21 heavy (non-hydrogen) atoms. The Morgan fingerprint density at radius 2 is 2.43 bits per heavy atom. The molecule has 0 radical (unpaired) electrons. The van der Waals surface area contributed by atoms with Crippen molar-refractivity contribution in [3.05, 3.63) is 21.4 Å². The molecule has 1 atom stereocenters. The molecule has 5 heteroatoms. The third-order valence-corrected chi connectivity index (χ3v) is 4.50. The van der Waals surface area contributed by atoms with E-state index in [0.29, 0.717) is 17.8 Å². The molecule has 1 aromatic heterocycles. The van der Waals surface area contributed by atoms with E-state index in [1.165, 1.54) is 17.8 Å². The first-order chi connectivity index (χ1) is 10.2. The number of aliphatic hydroxyl groups is 1. The Hall–Kier alpha value is -1.35. The van der Waals surface area contributed by atoms with E-state index < -0.39 is 0 Å². The number of hydrogen-bond donors (Lipinski definition) is 2. The zero-order valence-corrected chi connectivity index (χ0v) is 13.1. The fourth-order valence-electron chi connectivity index (χ4n) is 2.18. The summed E-state index contributed by atoms with van der Waals surface area (Å²) < 4.78 is 5.60. The van der Waals surface area contributed by atoms with Gasteiger partial charge in [-0.05, 0) is 37.8 Å². The Bertz CT molecular complexity index is 535. The van der Waals surface area contributed by atoms with Gasteiger partial charge in [0.05, 0.1) is 22.5 Å². The first kappa shape index (κ1) is 16.0. The minimum atomic E-state index is -0.0625. The van der Waals surface area contributed by atoms with Crippen LogP contribution in [0.2, 0.25) is 0 Å². The highest BCUT2D eigenvalue weighted by atomic mass is 32.1. The zero-order chi connectivity index (χ0) is 15.1. The molecule has 1 fully saturated rings. The quantitative estimate of drug-likeness (QED) is 0.838. The Kier molecular flexibility index (Phi) is 6.24. The van der Waals surface area contributed by atoms with Crippen LogP contribution in [0, 0.1) is 18.8 Å². The summed E-state index contributed by atoms with van der Waals surface area (Å²) in [5.41, 5.74) is 1.00. The molecule has 1 aromatic rings. The van der Waals surface area contributed by atoms with E-state index in [1.807, 2.05) is 13.0 Å². The van der Waals surface area contributed by atoms with E-state index in [9.17, 15) is 4.79 Å². The van der Waals surface area contributed by atoms with Crippen LogP contribution in [0.1, 0.15) is 45.8 Å². The molecule has 1 aliphatic rings. The van der Waals surface area contributed by atoms with Gasteiger partial charge < -0.3 is 15.2 Å². The van der Waals surface area contributed by atoms with Gasteiger partial charge in [0, 0.05) is 19.6 Å². The van der Waals surface area contributed by atoms with Gasteiger partial charge >= 0.3 is 0 Å². The number of ether oxygens (including phenoxy) is 1. The number of hydrogen-bond acceptors (Lipinski definition) is 4. The molecule has 1 amide bonds. The van der Waals surface area contributed by atoms with E-state index >= 15 is 0 Å². The van der Waals surface area contributed by atoms with Crippen LogP contribution in [-0.2, 0) is 4.74 Å². The molecule has 2 rings (SSSR count). The fourth-order valence-corrected chi connectivity index (χ4v) is 3.14. The molecule has 1 saturated heterocycles. The molecule has 4 nitrogen and oxygen atoms in total. The van der Waals surface area contributed by atoms with Gasteiger partial charge in [0.25, 0.3) is 5.91 Å². The maximum absolute atomic E-state index is 12.1. The molecule has 2 heterocycles. The van der Waals surface area contributed by atoms with E-state index in [-0.39, 0.29) is 18.6 Å². The molecule has 114 valence electrons. The van der Waals surface area contributed by atoms with Gasteiger partial charge in [0.1, 0.15) is 0 Å². The fraction of sp³-hybridized carbons (Fsp3) is 0.562. The SMILES string of the molecule is Cc1cc(C(=O)NCC2CCCCO2)sc1C#CCCO. The largest absolute Gasteiger partial charge is 0.395 e. The summed E-state index contributed by atoms with van der Waals surface area (Å²) in [7, 11) is 0. The second kappa shape index (κ2) is 8.18. The normalized spacial score (nSPS) is 17.9. The van der Waals surface area contributed by atoms with Gasteiger partial charge in [0.2, 0.25) is 0 Å². The summed E-state index contributed by atoms with van der Waals surface area (Å²) in [5, 5.41) is 11.7. The van der Waals surface area contributed by atoms with Crippen molar-refractivity contribution in [2.24, 2.45) is 0 Å². The number of thiophene rings is 1. The number of aliphatic hydroxyl groups excluding tert-OH is 1. The van der Waals surface area contributed by atoms with Crippen molar-refractivity contribution in [3.8, 4) is 11.8 Å². The molecular weight excluding hydrogens is 286 g/mol. The summed E-state index contributed by atoms with van der Waals surface area (Å²) in [4.78, 5) is 13.7. The third-order valence-electron chi connectivity index (χ3n) is 3.34. The zero-order valence-electron chi connectivity index (χ0n) is 12.3. The summed E-state index contributed by atoms with van der Waals surface area (Å²) >= 11 is 1.40. The lowest BCUT2D eigenvalue weighted by Gasteiger charge is -2.22. The van der Waals surface area contributed by atoms with Crippen molar-refractivity contribution in [2.75, 3.05) is 19.8 Å². The average Bonchev–Trinajstić information content (AvgIpc) is 2.87. The van der Waals surface area contributed by atoms with Crippen molar-refractivity contribution in [2.45, 2.75) is 38.7 Å². The predicted octanol–water partition coefficient (Wildman–Crippen LogP) is 2.09. The van der Waals surface area contributed by atoms with Gasteiger partial charge in [-0.2, -0.15) is 0 Å². The van der Waals surface area contributed by atoms with Crippen LogP contribution in [0.5, 0.6) is 0 Å². The van der Waals surface area contributed by atoms with Crippen LogP contribution in [0.15, 0.2) is 6.07 Å². The number of carbonyl (C=O) groups is 1. The number of aryl methyl sites for hydroxylation is 1. The van der Waals surface area contributed by atoms with Gasteiger partial charge in [-0.1, -0.05) is 11.8 Å². The number of carbonyl (C=O) groups excluding carboxylic acids is 1. The molecular formula is C16H21NO3S. The highest BCUT2D eigenvalue weighted by Crippen LogP contribution is 2.21. The Morgan fingerprint density at radius 1 is 1.57 bits per heavy atom. The van der Waals surface area contributed by atoms with Gasteiger partial charge in [0.15, 0.2) is 0 Å². The molecule has 0 spiro atoms. The van der Waals surface area contributed by atoms with E-state index in [4.69, 9.17) is 9.84 Å². The van der Waals surface area contributed by atoms with Crippen LogP contribution in [0.3, 0.4) is 0 Å². The Morgan fingerprint density at radius 3 is 3.14 bits per heavy atom. The molecule has 2 N–H and O–H groups in total. The van der Waals surface area contributed by atoms with E-state index in [1.54, 1.807) is 0 Å². The van der Waals surface area contributed by atoms with Gasteiger partial charge in [-0.25, -0.2) is 0 Å². The Labute approximate surface area is 129 Å². The van der Waals surface area contributed by atoms with Gasteiger partial charge in [-0.3, -0.25) is 4.79 Å². The molecule has 0 bridgehead atoms. The first-order valence-electron chi connectivity index (χ1n) is 7.30. The average molecular weight is 307 g/mol. The first-order valence-corrected chi connectivity index (χ1v) is 8.12. The van der Waals surface area contributed by atoms with Crippen LogP contribution in [0.25, 0.3) is 0 Å².